The lowest BCUT2D eigenvalue weighted by atomic mass is 9.45. The van der Waals surface area contributed by atoms with Crippen molar-refractivity contribution in [2.24, 2.45) is 98.1 Å². The van der Waals surface area contributed by atoms with Crippen molar-refractivity contribution in [2.45, 2.75) is 183 Å². The molecule has 1 aromatic heterocycles. The van der Waals surface area contributed by atoms with Crippen LogP contribution >= 0.6 is 0 Å². The summed E-state index contributed by atoms with van der Waals surface area (Å²) in [5.74, 6) is 3.85. The SMILES string of the molecule is C[C@H]1CC[C@@]2(OC1)O[C@H]1C=C3[C@@H]4CC[C@H]5Cc6nc7c(nc6C[C@]5(C)[C@H]4C=C(OC(=O)C(C)(C)C)[C@]3(C)[C@H]1[C@@H]2C)C[C@@H]1CC[C@H]2C3=C[C@@H]4O[C@]5(CC[C@H](C)CO5)[C@@H](C)[C@@H]4[C@@]3(C)C(=O)C[C@@H]2[C@@]1(C)C7. The molecule has 8 aliphatic carbocycles. The molecule has 368 valence electrons. The van der Waals surface area contributed by atoms with E-state index in [1.54, 1.807) is 0 Å². The zero-order valence-corrected chi connectivity index (χ0v) is 43.2. The number of rotatable bonds is 1. The minimum absolute atomic E-state index is 0.0119. The second-order valence-corrected chi connectivity index (χ2v) is 27.5. The molecule has 4 saturated heterocycles. The molecule has 0 aromatic carbocycles. The van der Waals surface area contributed by atoms with E-state index in [2.05, 4.69) is 73.6 Å². The largest absolute Gasteiger partial charge is 0.430 e. The number of ether oxygens (including phenoxy) is 5. The molecule has 68 heavy (non-hydrogen) atoms. The third-order valence-electron chi connectivity index (χ3n) is 22.9. The zero-order chi connectivity index (χ0) is 47.5. The van der Waals surface area contributed by atoms with Crippen LogP contribution in [0.25, 0.3) is 0 Å². The molecule has 0 amide bonds. The molecule has 5 heterocycles. The molecule has 0 bridgehead atoms. The van der Waals surface area contributed by atoms with Crippen molar-refractivity contribution < 1.29 is 33.3 Å². The molecule has 0 N–H and O–H groups in total. The van der Waals surface area contributed by atoms with Crippen LogP contribution < -0.4 is 0 Å². The Kier molecular flexibility index (Phi) is 9.62. The Labute approximate surface area is 406 Å². The number of esters is 1. The predicted octanol–water partition coefficient (Wildman–Crippen LogP) is 10.9. The fraction of sp³-hybridized carbons (Fsp3) is 0.797. The van der Waals surface area contributed by atoms with Gasteiger partial charge in [-0.15, -0.1) is 0 Å². The Morgan fingerprint density at radius 1 is 0.647 bits per heavy atom. The van der Waals surface area contributed by atoms with E-state index >= 15 is 0 Å². The zero-order valence-electron chi connectivity index (χ0n) is 43.2. The lowest BCUT2D eigenvalue weighted by molar-refractivity contribution is -0.265. The highest BCUT2D eigenvalue weighted by Crippen LogP contribution is 2.71. The van der Waals surface area contributed by atoms with Gasteiger partial charge in [0.05, 0.1) is 64.4 Å². The first-order valence-corrected chi connectivity index (χ1v) is 27.6. The summed E-state index contributed by atoms with van der Waals surface area (Å²) in [6.07, 6.45) is 20.1. The fourth-order valence-electron chi connectivity index (χ4n) is 18.7. The van der Waals surface area contributed by atoms with Gasteiger partial charge in [0.15, 0.2) is 11.6 Å². The van der Waals surface area contributed by atoms with Gasteiger partial charge in [-0.3, -0.25) is 19.6 Å². The topological polar surface area (TPSA) is 106 Å². The number of nitrogens with zero attached hydrogens (tertiary/aromatic N) is 2. The summed E-state index contributed by atoms with van der Waals surface area (Å²) in [5.41, 5.74) is 5.95. The highest BCUT2D eigenvalue weighted by Gasteiger charge is 2.71. The van der Waals surface area contributed by atoms with Gasteiger partial charge in [-0.2, -0.15) is 0 Å². The Morgan fingerprint density at radius 3 is 1.71 bits per heavy atom. The molecule has 0 radical (unpaired) electrons. The van der Waals surface area contributed by atoms with E-state index in [1.807, 2.05) is 20.8 Å². The quantitative estimate of drug-likeness (QED) is 0.201. The van der Waals surface area contributed by atoms with E-state index < -0.39 is 27.8 Å². The monoisotopic (exact) mass is 929 g/mol. The van der Waals surface area contributed by atoms with Gasteiger partial charge in [-0.05, 0) is 163 Å². The maximum atomic E-state index is 14.9. The molecule has 1 aromatic rings. The molecular weight excluding hydrogens is 849 g/mol. The number of carbonyl (C=O) groups excluding carboxylic acids is 2. The highest BCUT2D eigenvalue weighted by atomic mass is 16.7. The van der Waals surface area contributed by atoms with Crippen molar-refractivity contribution in [3.05, 3.63) is 57.9 Å². The van der Waals surface area contributed by atoms with Crippen molar-refractivity contribution in [3.8, 4) is 0 Å². The third-order valence-corrected chi connectivity index (χ3v) is 22.9. The predicted molar refractivity (Wildman–Crippen MR) is 257 cm³/mol. The summed E-state index contributed by atoms with van der Waals surface area (Å²) in [6.45, 7) is 26.2. The van der Waals surface area contributed by atoms with Crippen molar-refractivity contribution in [3.63, 3.8) is 0 Å². The van der Waals surface area contributed by atoms with Crippen molar-refractivity contribution in [1.82, 2.24) is 9.97 Å². The van der Waals surface area contributed by atoms with E-state index in [0.29, 0.717) is 53.6 Å². The van der Waals surface area contributed by atoms with Crippen LogP contribution in [0.2, 0.25) is 0 Å². The Balaban J connectivity index is 0.796. The third kappa shape index (κ3) is 5.82. The second kappa shape index (κ2) is 14.5. The number of allylic oxidation sites excluding steroid dienone is 3. The first-order chi connectivity index (χ1) is 32.1. The number of Topliss-reactive ketones (excluding diaryl/α,β-unsaturated/α-hetero) is 1. The fourth-order valence-corrected chi connectivity index (χ4v) is 18.7. The van der Waals surface area contributed by atoms with Crippen LogP contribution in [-0.2, 0) is 59.0 Å². The summed E-state index contributed by atoms with van der Waals surface area (Å²) in [6, 6.07) is 0. The summed E-state index contributed by atoms with van der Waals surface area (Å²) in [7, 11) is 0. The molecule has 13 rings (SSSR count). The normalized spacial score (nSPS) is 51.6. The summed E-state index contributed by atoms with van der Waals surface area (Å²) >= 11 is 0. The molecule has 9 nitrogen and oxygen atoms in total. The summed E-state index contributed by atoms with van der Waals surface area (Å²) in [5, 5.41) is 0. The Hall–Kier alpha value is -2.72. The van der Waals surface area contributed by atoms with Crippen LogP contribution in [-0.4, -0.2) is 58.7 Å². The molecule has 4 aliphatic heterocycles. The van der Waals surface area contributed by atoms with E-state index in [1.165, 1.54) is 33.9 Å². The summed E-state index contributed by atoms with van der Waals surface area (Å²) in [4.78, 5) is 40.3. The van der Waals surface area contributed by atoms with E-state index in [0.717, 1.165) is 96.0 Å². The second-order valence-electron chi connectivity index (χ2n) is 27.5. The Morgan fingerprint density at radius 2 is 1.16 bits per heavy atom. The van der Waals surface area contributed by atoms with Crippen molar-refractivity contribution in [2.75, 3.05) is 13.2 Å². The van der Waals surface area contributed by atoms with Gasteiger partial charge in [0.2, 0.25) is 0 Å². The maximum Gasteiger partial charge on any atom is 0.316 e. The number of aromatic nitrogens is 2. The van der Waals surface area contributed by atoms with Gasteiger partial charge < -0.3 is 23.7 Å². The highest BCUT2D eigenvalue weighted by molar-refractivity contribution is 5.91. The number of fused-ring (bicyclic) bond motifs is 16. The standard InChI is InChI=1S/C59H80N2O7/c1-30-16-18-58(64-28-30)32(3)50-46(67-58)22-40-36-14-12-34-20-42-44(26-54(34,8)38(36)24-48(62)56(40,50)10)60-43-21-35-13-15-37-39(55(35,9)27-45(43)61-42)25-49(66-52(63)53(5,6)7)57(11)41(37)23-47-51(57)33(4)59(68-47)19-17-31(2)29-65-59/h22-23,25,30-39,46-47,50-51H,12-21,24,26-29H2,1-11H3/t30-,31-,32-,33-,34-,35-,36+,37+,38-,39-,46-,47-,50-,51-,54-,55-,56+,57+,58+,59+/m0/s1. The average Bonchev–Trinajstić information content (AvgIpc) is 3.94. The van der Waals surface area contributed by atoms with Gasteiger partial charge in [0, 0.05) is 42.9 Å². The van der Waals surface area contributed by atoms with E-state index in [-0.39, 0.29) is 58.6 Å². The number of ketones is 1. The number of carbonyl (C=O) groups is 2. The Bertz CT molecular complexity index is 2450. The number of hydrogen-bond donors (Lipinski definition) is 0. The molecule has 0 unspecified atom stereocenters. The van der Waals surface area contributed by atoms with Crippen LogP contribution in [0.5, 0.6) is 0 Å². The van der Waals surface area contributed by atoms with Gasteiger partial charge >= 0.3 is 5.97 Å². The van der Waals surface area contributed by atoms with Crippen LogP contribution in [0.15, 0.2) is 35.1 Å². The van der Waals surface area contributed by atoms with E-state index in [9.17, 15) is 9.59 Å². The number of hydrogen-bond acceptors (Lipinski definition) is 9. The lowest BCUT2D eigenvalue weighted by Crippen LogP contribution is -2.56. The summed E-state index contributed by atoms with van der Waals surface area (Å²) < 4.78 is 34.0. The molecular formula is C59H80N2O7. The van der Waals surface area contributed by atoms with Gasteiger partial charge in [-0.25, -0.2) is 0 Å². The van der Waals surface area contributed by atoms with Crippen molar-refractivity contribution in [1.29, 1.82) is 0 Å². The maximum absolute atomic E-state index is 14.9. The van der Waals surface area contributed by atoms with Crippen molar-refractivity contribution >= 4 is 11.8 Å². The van der Waals surface area contributed by atoms with Crippen LogP contribution in [0.1, 0.15) is 157 Å². The van der Waals surface area contributed by atoms with Crippen LogP contribution in [0, 0.1) is 98.1 Å². The van der Waals surface area contributed by atoms with Crippen LogP contribution in [0.3, 0.4) is 0 Å². The molecule has 9 heteroatoms. The molecule has 12 aliphatic rings. The molecule has 2 spiro atoms. The van der Waals surface area contributed by atoms with Gasteiger partial charge in [-0.1, -0.05) is 64.8 Å². The van der Waals surface area contributed by atoms with Gasteiger partial charge in [0.1, 0.15) is 11.5 Å². The lowest BCUT2D eigenvalue weighted by Gasteiger charge is -2.59. The molecule has 3 saturated carbocycles. The van der Waals surface area contributed by atoms with Crippen LogP contribution in [0.4, 0.5) is 0 Å². The minimum atomic E-state index is -0.634. The average molecular weight is 929 g/mol. The first-order valence-electron chi connectivity index (χ1n) is 27.6. The molecule has 7 fully saturated rings. The smallest absolute Gasteiger partial charge is 0.316 e. The molecule has 20 atom stereocenters. The minimum Gasteiger partial charge on any atom is -0.430 e. The van der Waals surface area contributed by atoms with E-state index in [4.69, 9.17) is 33.7 Å². The first kappa shape index (κ1) is 45.2. The van der Waals surface area contributed by atoms with Gasteiger partial charge in [0.25, 0.3) is 0 Å².